The Labute approximate surface area is 117 Å². The lowest BCUT2D eigenvalue weighted by molar-refractivity contribution is -0.182. The third-order valence-corrected chi connectivity index (χ3v) is 3.20. The molecule has 0 aliphatic carbocycles. The lowest BCUT2D eigenvalue weighted by atomic mass is 9.91. The van der Waals surface area contributed by atoms with Gasteiger partial charge in [-0.1, -0.05) is 31.5 Å². The van der Waals surface area contributed by atoms with Gasteiger partial charge in [-0.2, -0.15) is 13.2 Å². The van der Waals surface area contributed by atoms with E-state index in [1.165, 1.54) is 14.0 Å². The number of para-hydroxylation sites is 1. The Morgan fingerprint density at radius 3 is 2.35 bits per heavy atom. The fraction of sp³-hybridized carbons (Fsp3) is 0.600. The molecule has 0 aliphatic rings. The maximum atomic E-state index is 12.7. The minimum absolute atomic E-state index is 0.427. The van der Waals surface area contributed by atoms with Gasteiger partial charge in [-0.15, -0.1) is 0 Å². The van der Waals surface area contributed by atoms with E-state index in [9.17, 15) is 13.2 Å². The number of alkyl halides is 3. The van der Waals surface area contributed by atoms with E-state index in [1.807, 2.05) is 6.92 Å². The van der Waals surface area contributed by atoms with E-state index in [1.54, 1.807) is 24.3 Å². The number of rotatable bonds is 7. The van der Waals surface area contributed by atoms with Crippen molar-refractivity contribution in [3.63, 3.8) is 0 Å². The molecule has 0 aromatic heterocycles. The second-order valence-electron chi connectivity index (χ2n) is 4.93. The Balaban J connectivity index is 3.02. The van der Waals surface area contributed by atoms with Crippen LogP contribution in [0.1, 0.15) is 38.7 Å². The molecule has 0 N–H and O–H groups in total. The van der Waals surface area contributed by atoms with E-state index in [0.29, 0.717) is 17.9 Å². The van der Waals surface area contributed by atoms with Gasteiger partial charge in [-0.3, -0.25) is 0 Å². The Kier molecular flexibility index (Phi) is 5.87. The summed E-state index contributed by atoms with van der Waals surface area (Å²) in [5.74, 6) is 0.453. The van der Waals surface area contributed by atoms with Crippen molar-refractivity contribution in [1.82, 2.24) is 0 Å². The van der Waals surface area contributed by atoms with Crippen LogP contribution in [-0.4, -0.2) is 19.9 Å². The van der Waals surface area contributed by atoms with Gasteiger partial charge in [0.05, 0.1) is 13.0 Å². The van der Waals surface area contributed by atoms with Gasteiger partial charge < -0.3 is 9.47 Å². The standard InChI is InChI=1S/C15H21F3O2/c1-4-5-10-20-13-9-7-6-8-12(13)14(2,19-3)11-15(16,17)18/h6-9H,4-5,10-11H2,1-3H3. The Morgan fingerprint density at radius 1 is 1.15 bits per heavy atom. The monoisotopic (exact) mass is 290 g/mol. The molecule has 1 rings (SSSR count). The summed E-state index contributed by atoms with van der Waals surface area (Å²) in [6.45, 7) is 3.94. The highest BCUT2D eigenvalue weighted by molar-refractivity contribution is 5.38. The molecule has 0 spiro atoms. The predicted molar refractivity (Wildman–Crippen MR) is 71.9 cm³/mol. The van der Waals surface area contributed by atoms with Crippen LogP contribution in [0.25, 0.3) is 0 Å². The number of hydrogen-bond acceptors (Lipinski definition) is 2. The molecule has 0 amide bonds. The van der Waals surface area contributed by atoms with Crippen molar-refractivity contribution in [2.24, 2.45) is 0 Å². The van der Waals surface area contributed by atoms with Crippen LogP contribution in [-0.2, 0) is 10.3 Å². The molecular formula is C15H21F3O2. The number of methoxy groups -OCH3 is 1. The van der Waals surface area contributed by atoms with Crippen LogP contribution in [0.3, 0.4) is 0 Å². The van der Waals surface area contributed by atoms with Crippen molar-refractivity contribution < 1.29 is 22.6 Å². The van der Waals surface area contributed by atoms with Crippen LogP contribution in [0.2, 0.25) is 0 Å². The normalized spacial score (nSPS) is 14.9. The van der Waals surface area contributed by atoms with Gasteiger partial charge in [-0.05, 0) is 19.4 Å². The molecule has 0 heterocycles. The Morgan fingerprint density at radius 2 is 1.80 bits per heavy atom. The molecule has 0 bridgehead atoms. The lowest BCUT2D eigenvalue weighted by Gasteiger charge is -2.31. The van der Waals surface area contributed by atoms with E-state index in [4.69, 9.17) is 9.47 Å². The molecule has 0 fully saturated rings. The maximum Gasteiger partial charge on any atom is 0.392 e. The molecule has 0 saturated heterocycles. The summed E-state index contributed by atoms with van der Waals surface area (Å²) in [5.41, 5.74) is -1.02. The second-order valence-corrected chi connectivity index (χ2v) is 4.93. The first-order valence-electron chi connectivity index (χ1n) is 6.66. The van der Waals surface area contributed by atoms with Crippen molar-refractivity contribution >= 4 is 0 Å². The zero-order chi connectivity index (χ0) is 15.2. The minimum atomic E-state index is -4.30. The van der Waals surface area contributed by atoms with Crippen LogP contribution in [0, 0.1) is 0 Å². The topological polar surface area (TPSA) is 18.5 Å². The van der Waals surface area contributed by atoms with Crippen LogP contribution >= 0.6 is 0 Å². The van der Waals surface area contributed by atoms with E-state index < -0.39 is 18.2 Å². The minimum Gasteiger partial charge on any atom is -0.493 e. The van der Waals surface area contributed by atoms with E-state index in [2.05, 4.69) is 0 Å². The molecule has 5 heteroatoms. The molecule has 1 unspecified atom stereocenters. The van der Waals surface area contributed by atoms with Crippen molar-refractivity contribution in [3.8, 4) is 5.75 Å². The largest absolute Gasteiger partial charge is 0.493 e. The summed E-state index contributed by atoms with van der Waals surface area (Å²) in [6.07, 6.45) is -3.53. The summed E-state index contributed by atoms with van der Waals surface area (Å²) >= 11 is 0. The molecule has 0 aliphatic heterocycles. The molecule has 114 valence electrons. The SMILES string of the molecule is CCCCOc1ccccc1C(C)(CC(F)(F)F)OC. The second kappa shape index (κ2) is 6.97. The smallest absolute Gasteiger partial charge is 0.392 e. The molecular weight excluding hydrogens is 269 g/mol. The zero-order valence-electron chi connectivity index (χ0n) is 12.1. The van der Waals surface area contributed by atoms with Gasteiger partial charge >= 0.3 is 6.18 Å². The van der Waals surface area contributed by atoms with Crippen molar-refractivity contribution in [2.75, 3.05) is 13.7 Å². The zero-order valence-corrected chi connectivity index (χ0v) is 12.1. The summed E-state index contributed by atoms with van der Waals surface area (Å²) < 4.78 is 49.0. The van der Waals surface area contributed by atoms with Crippen LogP contribution in [0.15, 0.2) is 24.3 Å². The van der Waals surface area contributed by atoms with Crippen molar-refractivity contribution in [1.29, 1.82) is 0 Å². The van der Waals surface area contributed by atoms with Gasteiger partial charge in [0, 0.05) is 12.7 Å². The highest BCUT2D eigenvalue weighted by Gasteiger charge is 2.42. The molecule has 0 saturated carbocycles. The average molecular weight is 290 g/mol. The predicted octanol–water partition coefficient (Wildman–Crippen LogP) is 4.68. The number of halogens is 3. The number of ether oxygens (including phenoxy) is 2. The van der Waals surface area contributed by atoms with Crippen LogP contribution in [0.5, 0.6) is 5.75 Å². The van der Waals surface area contributed by atoms with E-state index in [-0.39, 0.29) is 0 Å². The molecule has 0 radical (unpaired) electrons. The van der Waals surface area contributed by atoms with E-state index >= 15 is 0 Å². The van der Waals surface area contributed by atoms with Gasteiger partial charge in [0.1, 0.15) is 11.4 Å². The van der Waals surface area contributed by atoms with Gasteiger partial charge in [0.15, 0.2) is 0 Å². The molecule has 1 atom stereocenters. The highest BCUT2D eigenvalue weighted by Crippen LogP contribution is 2.40. The third-order valence-electron chi connectivity index (χ3n) is 3.20. The summed E-state index contributed by atoms with van der Waals surface area (Å²) in [5, 5.41) is 0. The highest BCUT2D eigenvalue weighted by atomic mass is 19.4. The van der Waals surface area contributed by atoms with E-state index in [0.717, 1.165) is 12.8 Å². The fourth-order valence-electron chi connectivity index (χ4n) is 2.02. The molecule has 20 heavy (non-hydrogen) atoms. The molecule has 2 nitrogen and oxygen atoms in total. The molecule has 1 aromatic rings. The first-order chi connectivity index (χ1) is 9.32. The van der Waals surface area contributed by atoms with Crippen molar-refractivity contribution in [2.45, 2.75) is 44.9 Å². The van der Waals surface area contributed by atoms with Gasteiger partial charge in [0.25, 0.3) is 0 Å². The quantitative estimate of drug-likeness (QED) is 0.679. The third kappa shape index (κ3) is 4.71. The summed E-state index contributed by atoms with van der Waals surface area (Å²) in [7, 11) is 1.29. The molecule has 1 aromatic carbocycles. The maximum absolute atomic E-state index is 12.7. The summed E-state index contributed by atoms with van der Waals surface area (Å²) in [4.78, 5) is 0. The first kappa shape index (κ1) is 16.8. The average Bonchev–Trinajstić information content (AvgIpc) is 2.37. The first-order valence-corrected chi connectivity index (χ1v) is 6.66. The lowest BCUT2D eigenvalue weighted by Crippen LogP contribution is -2.31. The van der Waals surface area contributed by atoms with Crippen LogP contribution in [0.4, 0.5) is 13.2 Å². The van der Waals surface area contributed by atoms with Gasteiger partial charge in [0.2, 0.25) is 0 Å². The fourth-order valence-corrected chi connectivity index (χ4v) is 2.02. The number of hydrogen-bond donors (Lipinski definition) is 0. The Hall–Kier alpha value is -1.23. The number of benzene rings is 1. The number of unbranched alkanes of at least 4 members (excludes halogenated alkanes) is 1. The van der Waals surface area contributed by atoms with Gasteiger partial charge in [-0.25, -0.2) is 0 Å². The van der Waals surface area contributed by atoms with Crippen LogP contribution < -0.4 is 4.74 Å². The summed E-state index contributed by atoms with van der Waals surface area (Å²) in [6, 6.07) is 6.74. The Bertz CT molecular complexity index is 418. The van der Waals surface area contributed by atoms with Crippen molar-refractivity contribution in [3.05, 3.63) is 29.8 Å².